The van der Waals surface area contributed by atoms with Crippen molar-refractivity contribution >= 4 is 33.4 Å². The molecule has 0 fully saturated rings. The molecule has 0 aliphatic heterocycles. The monoisotopic (exact) mass is 341 g/mol. The summed E-state index contributed by atoms with van der Waals surface area (Å²) in [6.45, 7) is 4.23. The number of carbonyl (C=O) groups excluding carboxylic acids is 2. The summed E-state index contributed by atoms with van der Waals surface area (Å²) in [6, 6.07) is 7.40. The molecule has 110 valence electrons. The zero-order valence-electron chi connectivity index (χ0n) is 11.9. The minimum atomic E-state index is -0.553. The fraction of sp³-hybridized carbons (Fsp3) is 0.429. The van der Waals surface area contributed by atoms with Crippen LogP contribution in [0, 0.1) is 5.41 Å². The van der Waals surface area contributed by atoms with Gasteiger partial charge < -0.3 is 16.0 Å². The molecule has 0 radical (unpaired) electrons. The zero-order valence-corrected chi connectivity index (χ0v) is 13.5. The lowest BCUT2D eigenvalue weighted by molar-refractivity contribution is -0.128. The molecule has 1 rings (SSSR count). The molecule has 0 bridgehead atoms. The molecule has 20 heavy (non-hydrogen) atoms. The van der Waals surface area contributed by atoms with E-state index in [1.165, 1.54) is 0 Å². The van der Waals surface area contributed by atoms with Crippen LogP contribution < -0.4 is 16.0 Å². The second kappa shape index (κ2) is 7.40. The van der Waals surface area contributed by atoms with Crippen LogP contribution in [-0.4, -0.2) is 32.0 Å². The number of carbonyl (C=O) groups is 2. The Morgan fingerprint density at radius 3 is 2.50 bits per heavy atom. The van der Waals surface area contributed by atoms with Gasteiger partial charge in [-0.3, -0.25) is 9.59 Å². The summed E-state index contributed by atoms with van der Waals surface area (Å²) >= 11 is 3.37. The van der Waals surface area contributed by atoms with E-state index in [0.29, 0.717) is 6.54 Å². The van der Waals surface area contributed by atoms with Gasteiger partial charge in [-0.1, -0.05) is 12.1 Å². The van der Waals surface area contributed by atoms with E-state index in [-0.39, 0.29) is 18.4 Å². The lowest BCUT2D eigenvalue weighted by atomic mass is 9.92. The Labute approximate surface area is 127 Å². The molecule has 3 N–H and O–H groups in total. The molecule has 0 aliphatic carbocycles. The minimum absolute atomic E-state index is 0.0591. The number of hydrogen-bond acceptors (Lipinski definition) is 3. The first-order valence-electron chi connectivity index (χ1n) is 6.34. The van der Waals surface area contributed by atoms with Gasteiger partial charge in [0.15, 0.2) is 0 Å². The van der Waals surface area contributed by atoms with Crippen molar-refractivity contribution in [2.75, 3.05) is 25.5 Å². The lowest BCUT2D eigenvalue weighted by Crippen LogP contribution is -2.43. The van der Waals surface area contributed by atoms with Gasteiger partial charge in [0.2, 0.25) is 11.8 Å². The fourth-order valence-electron chi connectivity index (χ4n) is 1.66. The summed E-state index contributed by atoms with van der Waals surface area (Å²) in [5, 5.41) is 8.39. The van der Waals surface area contributed by atoms with Gasteiger partial charge in [0.25, 0.3) is 0 Å². The molecule has 0 aliphatic rings. The quantitative estimate of drug-likeness (QED) is 0.738. The summed E-state index contributed by atoms with van der Waals surface area (Å²) in [5.41, 5.74) is 0.174. The van der Waals surface area contributed by atoms with E-state index in [2.05, 4.69) is 31.9 Å². The van der Waals surface area contributed by atoms with Crippen molar-refractivity contribution in [3.63, 3.8) is 0 Å². The van der Waals surface area contributed by atoms with Crippen LogP contribution in [0.4, 0.5) is 5.69 Å². The van der Waals surface area contributed by atoms with Gasteiger partial charge >= 0.3 is 0 Å². The molecule has 0 atom stereocenters. The Bertz CT molecular complexity index is 489. The minimum Gasteiger partial charge on any atom is -0.359 e. The fourth-order valence-corrected chi connectivity index (χ4v) is 2.05. The van der Waals surface area contributed by atoms with E-state index >= 15 is 0 Å². The van der Waals surface area contributed by atoms with Crippen LogP contribution in [-0.2, 0) is 9.59 Å². The molecule has 0 saturated heterocycles. The highest BCUT2D eigenvalue weighted by molar-refractivity contribution is 9.10. The number of hydrogen-bond donors (Lipinski definition) is 3. The van der Waals surface area contributed by atoms with Crippen LogP contribution >= 0.6 is 15.9 Å². The SMILES string of the molecule is CNC(=O)C(C)(C)CNCC(=O)Nc1ccccc1Br. The molecule has 0 heterocycles. The molecule has 6 heteroatoms. The van der Waals surface area contributed by atoms with Gasteiger partial charge in [0, 0.05) is 18.1 Å². The van der Waals surface area contributed by atoms with Crippen LogP contribution in [0.25, 0.3) is 0 Å². The first-order valence-corrected chi connectivity index (χ1v) is 7.13. The number of benzene rings is 1. The van der Waals surface area contributed by atoms with Gasteiger partial charge in [-0.15, -0.1) is 0 Å². The van der Waals surface area contributed by atoms with Gasteiger partial charge in [0.05, 0.1) is 17.6 Å². The maximum Gasteiger partial charge on any atom is 0.238 e. The maximum absolute atomic E-state index is 11.8. The Hall–Kier alpha value is -1.40. The van der Waals surface area contributed by atoms with Crippen LogP contribution in [0.15, 0.2) is 28.7 Å². The summed E-state index contributed by atoms with van der Waals surface area (Å²) in [6.07, 6.45) is 0. The second-order valence-corrected chi connectivity index (χ2v) is 5.95. The van der Waals surface area contributed by atoms with Crippen molar-refractivity contribution in [3.8, 4) is 0 Å². The Kier molecular flexibility index (Phi) is 6.16. The third-order valence-electron chi connectivity index (χ3n) is 2.84. The molecule has 1 aromatic carbocycles. The van der Waals surface area contributed by atoms with Crippen molar-refractivity contribution in [1.29, 1.82) is 0 Å². The predicted octanol–water partition coefficient (Wildman–Crippen LogP) is 1.75. The highest BCUT2D eigenvalue weighted by Gasteiger charge is 2.26. The van der Waals surface area contributed by atoms with E-state index in [4.69, 9.17) is 0 Å². The third-order valence-corrected chi connectivity index (χ3v) is 3.53. The lowest BCUT2D eigenvalue weighted by Gasteiger charge is -2.22. The van der Waals surface area contributed by atoms with Crippen molar-refractivity contribution in [2.24, 2.45) is 5.41 Å². The van der Waals surface area contributed by atoms with Crippen LogP contribution in [0.3, 0.4) is 0 Å². The van der Waals surface area contributed by atoms with Crippen molar-refractivity contribution in [1.82, 2.24) is 10.6 Å². The van der Waals surface area contributed by atoms with Crippen LogP contribution in [0.5, 0.6) is 0 Å². The van der Waals surface area contributed by atoms with Gasteiger partial charge in [-0.2, -0.15) is 0 Å². The number of rotatable bonds is 6. The van der Waals surface area contributed by atoms with Gasteiger partial charge in [-0.25, -0.2) is 0 Å². The average molecular weight is 342 g/mol. The molecule has 0 saturated carbocycles. The summed E-state index contributed by atoms with van der Waals surface area (Å²) in [5.74, 6) is -0.208. The first kappa shape index (κ1) is 16.7. The molecule has 2 amide bonds. The standard InChI is InChI=1S/C14H20BrN3O2/c1-14(2,13(20)16-3)9-17-8-12(19)18-11-7-5-4-6-10(11)15/h4-7,17H,8-9H2,1-3H3,(H,16,20)(H,18,19). The highest BCUT2D eigenvalue weighted by atomic mass is 79.9. The van der Waals surface area contributed by atoms with Crippen molar-refractivity contribution in [3.05, 3.63) is 28.7 Å². The molecule has 0 aromatic heterocycles. The number of amides is 2. The van der Waals surface area contributed by atoms with Gasteiger partial charge in [0.1, 0.15) is 0 Å². The van der Waals surface area contributed by atoms with Crippen molar-refractivity contribution < 1.29 is 9.59 Å². The summed E-state index contributed by atoms with van der Waals surface area (Å²) < 4.78 is 0.832. The number of halogens is 1. The number of para-hydroxylation sites is 1. The summed E-state index contributed by atoms with van der Waals surface area (Å²) in [4.78, 5) is 23.4. The van der Waals surface area contributed by atoms with E-state index in [0.717, 1.165) is 10.2 Å². The molecule has 1 aromatic rings. The van der Waals surface area contributed by atoms with E-state index in [1.54, 1.807) is 7.05 Å². The molecular formula is C14H20BrN3O2. The summed E-state index contributed by atoms with van der Waals surface area (Å²) in [7, 11) is 1.60. The second-order valence-electron chi connectivity index (χ2n) is 5.09. The largest absolute Gasteiger partial charge is 0.359 e. The predicted molar refractivity (Wildman–Crippen MR) is 83.5 cm³/mol. The third kappa shape index (κ3) is 4.94. The normalized spacial score (nSPS) is 11.0. The number of anilines is 1. The molecule has 5 nitrogen and oxygen atoms in total. The maximum atomic E-state index is 11.8. The smallest absolute Gasteiger partial charge is 0.238 e. The zero-order chi connectivity index (χ0) is 15.2. The topological polar surface area (TPSA) is 70.2 Å². The molecule has 0 unspecified atom stereocenters. The Morgan fingerprint density at radius 2 is 1.90 bits per heavy atom. The van der Waals surface area contributed by atoms with Gasteiger partial charge in [-0.05, 0) is 41.9 Å². The van der Waals surface area contributed by atoms with E-state index in [9.17, 15) is 9.59 Å². The first-order chi connectivity index (χ1) is 9.36. The Morgan fingerprint density at radius 1 is 1.25 bits per heavy atom. The Balaban J connectivity index is 2.41. The van der Waals surface area contributed by atoms with E-state index < -0.39 is 5.41 Å². The van der Waals surface area contributed by atoms with Crippen molar-refractivity contribution in [2.45, 2.75) is 13.8 Å². The van der Waals surface area contributed by atoms with E-state index in [1.807, 2.05) is 38.1 Å². The van der Waals surface area contributed by atoms with Crippen LogP contribution in [0.1, 0.15) is 13.8 Å². The molecular weight excluding hydrogens is 322 g/mol. The molecule has 0 spiro atoms. The average Bonchev–Trinajstić information content (AvgIpc) is 2.40. The number of nitrogens with one attached hydrogen (secondary N) is 3. The highest BCUT2D eigenvalue weighted by Crippen LogP contribution is 2.20. The van der Waals surface area contributed by atoms with Crippen LogP contribution in [0.2, 0.25) is 0 Å².